The lowest BCUT2D eigenvalue weighted by Gasteiger charge is -2.34. The summed E-state index contributed by atoms with van der Waals surface area (Å²) < 4.78 is 0. The van der Waals surface area contributed by atoms with Gasteiger partial charge in [0.25, 0.3) is 0 Å². The quantitative estimate of drug-likeness (QED) is 0.859. The van der Waals surface area contributed by atoms with Gasteiger partial charge in [-0.15, -0.1) is 0 Å². The maximum absolute atomic E-state index is 4.49. The molecule has 2 N–H and O–H groups in total. The zero-order valence-electron chi connectivity index (χ0n) is 14.2. The van der Waals surface area contributed by atoms with Crippen molar-refractivity contribution in [2.75, 3.05) is 45.8 Å². The number of rotatable bonds is 5. The molecule has 2 aliphatic heterocycles. The van der Waals surface area contributed by atoms with Gasteiger partial charge in [0.15, 0.2) is 5.96 Å². The highest BCUT2D eigenvalue weighted by molar-refractivity contribution is 5.80. The highest BCUT2D eigenvalue weighted by Crippen LogP contribution is 2.13. The third-order valence-corrected chi connectivity index (χ3v) is 4.77. The Labute approximate surface area is 139 Å². The second-order valence-electron chi connectivity index (χ2n) is 6.34. The molecule has 23 heavy (non-hydrogen) atoms. The Morgan fingerprint density at radius 1 is 1.09 bits per heavy atom. The van der Waals surface area contributed by atoms with Crippen LogP contribution < -0.4 is 10.6 Å². The number of piperazine rings is 1. The number of nitrogens with zero attached hydrogens (tertiary/aromatic N) is 3. The van der Waals surface area contributed by atoms with Gasteiger partial charge in [0.1, 0.15) is 0 Å². The standard InChI is InChI=1S/C18H29N5/c1-2-22-10-12-23(13-11-22)15-17-7-4-3-6-16(17)14-21-18-19-8-5-9-20-18/h3-4,6-7H,2,5,8-15H2,1H3,(H2,19,20,21). The Balaban J connectivity index is 1.56. The minimum Gasteiger partial charge on any atom is -0.356 e. The van der Waals surface area contributed by atoms with E-state index in [0.29, 0.717) is 0 Å². The molecule has 1 aromatic carbocycles. The third kappa shape index (κ3) is 4.69. The third-order valence-electron chi connectivity index (χ3n) is 4.77. The lowest BCUT2D eigenvalue weighted by Crippen LogP contribution is -2.45. The molecule has 1 aromatic rings. The number of hydrogen-bond donors (Lipinski definition) is 2. The van der Waals surface area contributed by atoms with E-state index in [0.717, 1.165) is 38.6 Å². The van der Waals surface area contributed by atoms with Crippen molar-refractivity contribution in [3.05, 3.63) is 35.4 Å². The number of guanidine groups is 1. The first-order valence-corrected chi connectivity index (χ1v) is 8.89. The van der Waals surface area contributed by atoms with Crippen LogP contribution in [0.2, 0.25) is 0 Å². The second-order valence-corrected chi connectivity index (χ2v) is 6.34. The first-order chi connectivity index (χ1) is 11.3. The molecule has 5 heteroatoms. The summed E-state index contributed by atoms with van der Waals surface area (Å²) in [7, 11) is 0. The maximum Gasteiger partial charge on any atom is 0.191 e. The topological polar surface area (TPSA) is 42.9 Å². The molecule has 126 valence electrons. The Hall–Kier alpha value is -1.59. The van der Waals surface area contributed by atoms with Gasteiger partial charge in [-0.05, 0) is 24.1 Å². The Morgan fingerprint density at radius 2 is 1.83 bits per heavy atom. The Morgan fingerprint density at radius 3 is 2.52 bits per heavy atom. The molecule has 1 fully saturated rings. The van der Waals surface area contributed by atoms with Gasteiger partial charge in [0.2, 0.25) is 0 Å². The SMILES string of the molecule is CCN1CCN(Cc2ccccc2CNC2=NCCCN2)CC1. The predicted molar refractivity (Wildman–Crippen MR) is 95.6 cm³/mol. The number of aliphatic imine (C=N–C) groups is 1. The summed E-state index contributed by atoms with van der Waals surface area (Å²) >= 11 is 0. The molecule has 2 heterocycles. The Bertz CT molecular complexity index is 520. The van der Waals surface area contributed by atoms with Crippen molar-refractivity contribution in [2.24, 2.45) is 4.99 Å². The maximum atomic E-state index is 4.49. The summed E-state index contributed by atoms with van der Waals surface area (Å²) in [4.78, 5) is 9.58. The summed E-state index contributed by atoms with van der Waals surface area (Å²) in [5, 5.41) is 6.77. The zero-order chi connectivity index (χ0) is 15.9. The molecule has 2 aliphatic rings. The van der Waals surface area contributed by atoms with Crippen LogP contribution >= 0.6 is 0 Å². The monoisotopic (exact) mass is 315 g/mol. The molecule has 0 bridgehead atoms. The molecule has 0 aromatic heterocycles. The molecule has 0 radical (unpaired) electrons. The van der Waals surface area contributed by atoms with Crippen LogP contribution in [0.15, 0.2) is 29.3 Å². The van der Waals surface area contributed by atoms with Crippen LogP contribution in [0.1, 0.15) is 24.5 Å². The minimum atomic E-state index is 0.844. The zero-order valence-corrected chi connectivity index (χ0v) is 14.2. The molecule has 0 saturated carbocycles. The summed E-state index contributed by atoms with van der Waals surface area (Å²) in [5.74, 6) is 0.947. The summed E-state index contributed by atoms with van der Waals surface area (Å²) in [5.41, 5.74) is 2.81. The van der Waals surface area contributed by atoms with Crippen molar-refractivity contribution in [1.82, 2.24) is 20.4 Å². The number of nitrogens with one attached hydrogen (secondary N) is 2. The fourth-order valence-electron chi connectivity index (χ4n) is 3.22. The van der Waals surface area contributed by atoms with E-state index in [9.17, 15) is 0 Å². The van der Waals surface area contributed by atoms with Crippen LogP contribution in [0.3, 0.4) is 0 Å². The van der Waals surface area contributed by atoms with Crippen molar-refractivity contribution in [1.29, 1.82) is 0 Å². The van der Waals surface area contributed by atoms with Crippen molar-refractivity contribution in [3.63, 3.8) is 0 Å². The van der Waals surface area contributed by atoms with Gasteiger partial charge in [0, 0.05) is 52.4 Å². The molecule has 0 unspecified atom stereocenters. The van der Waals surface area contributed by atoms with Crippen LogP contribution in [-0.4, -0.2) is 61.6 Å². The largest absolute Gasteiger partial charge is 0.356 e. The molecule has 1 saturated heterocycles. The van der Waals surface area contributed by atoms with E-state index in [-0.39, 0.29) is 0 Å². The van der Waals surface area contributed by atoms with Crippen LogP contribution in [0.5, 0.6) is 0 Å². The first kappa shape index (κ1) is 16.3. The van der Waals surface area contributed by atoms with E-state index < -0.39 is 0 Å². The minimum absolute atomic E-state index is 0.844. The van der Waals surface area contributed by atoms with Gasteiger partial charge in [-0.1, -0.05) is 31.2 Å². The summed E-state index contributed by atoms with van der Waals surface area (Å²) in [6.07, 6.45) is 1.13. The molecule has 3 rings (SSSR count). The molecule has 0 atom stereocenters. The van der Waals surface area contributed by atoms with E-state index in [1.54, 1.807) is 0 Å². The van der Waals surface area contributed by atoms with Crippen molar-refractivity contribution in [3.8, 4) is 0 Å². The van der Waals surface area contributed by atoms with Gasteiger partial charge >= 0.3 is 0 Å². The smallest absolute Gasteiger partial charge is 0.191 e. The van der Waals surface area contributed by atoms with Crippen LogP contribution in [0.4, 0.5) is 0 Å². The van der Waals surface area contributed by atoms with Crippen molar-refractivity contribution in [2.45, 2.75) is 26.4 Å². The average Bonchev–Trinajstić information content (AvgIpc) is 2.62. The van der Waals surface area contributed by atoms with E-state index in [1.165, 1.54) is 43.9 Å². The lowest BCUT2D eigenvalue weighted by atomic mass is 10.1. The van der Waals surface area contributed by atoms with Crippen molar-refractivity contribution >= 4 is 5.96 Å². The number of benzene rings is 1. The fourth-order valence-corrected chi connectivity index (χ4v) is 3.22. The van der Waals surface area contributed by atoms with Gasteiger partial charge in [-0.3, -0.25) is 9.89 Å². The lowest BCUT2D eigenvalue weighted by molar-refractivity contribution is 0.131. The van der Waals surface area contributed by atoms with E-state index >= 15 is 0 Å². The second kappa shape index (κ2) is 8.31. The number of hydrogen-bond acceptors (Lipinski definition) is 5. The Kier molecular flexibility index (Phi) is 5.88. The fraction of sp³-hybridized carbons (Fsp3) is 0.611. The van der Waals surface area contributed by atoms with Gasteiger partial charge in [0.05, 0.1) is 0 Å². The van der Waals surface area contributed by atoms with Gasteiger partial charge < -0.3 is 15.5 Å². The van der Waals surface area contributed by atoms with E-state index in [2.05, 4.69) is 56.6 Å². The predicted octanol–water partition coefficient (Wildman–Crippen LogP) is 1.26. The highest BCUT2D eigenvalue weighted by Gasteiger charge is 2.16. The molecule has 0 spiro atoms. The molecular weight excluding hydrogens is 286 g/mol. The highest BCUT2D eigenvalue weighted by atomic mass is 15.3. The van der Waals surface area contributed by atoms with E-state index in [1.807, 2.05) is 0 Å². The van der Waals surface area contributed by atoms with Crippen LogP contribution in [0, 0.1) is 0 Å². The first-order valence-electron chi connectivity index (χ1n) is 8.89. The molecule has 0 amide bonds. The summed E-state index contributed by atoms with van der Waals surface area (Å²) in [6, 6.07) is 8.77. The molecule has 5 nitrogen and oxygen atoms in total. The molecule has 0 aliphatic carbocycles. The van der Waals surface area contributed by atoms with Gasteiger partial charge in [-0.2, -0.15) is 0 Å². The number of likely N-dealkylation sites (N-methyl/N-ethyl adjacent to an activating group) is 1. The summed E-state index contributed by atoms with van der Waals surface area (Å²) in [6.45, 7) is 12.0. The normalized spacial score (nSPS) is 20.0. The van der Waals surface area contributed by atoms with Crippen LogP contribution in [-0.2, 0) is 13.1 Å². The van der Waals surface area contributed by atoms with E-state index in [4.69, 9.17) is 0 Å². The molecular formula is C18H29N5. The van der Waals surface area contributed by atoms with Crippen LogP contribution in [0.25, 0.3) is 0 Å². The average molecular weight is 315 g/mol. The van der Waals surface area contributed by atoms with Crippen molar-refractivity contribution < 1.29 is 0 Å². The van der Waals surface area contributed by atoms with Gasteiger partial charge in [-0.25, -0.2) is 0 Å².